The van der Waals surface area contributed by atoms with E-state index in [-0.39, 0.29) is 0 Å². The van der Waals surface area contributed by atoms with Gasteiger partial charge in [-0.05, 0) is 24.6 Å². The maximum absolute atomic E-state index is 5.60. The van der Waals surface area contributed by atoms with Crippen molar-refractivity contribution in [3.63, 3.8) is 0 Å². The number of nitrogens with zero attached hydrogens (tertiary/aromatic N) is 1. The van der Waals surface area contributed by atoms with E-state index in [4.69, 9.17) is 4.42 Å². The molecule has 0 saturated heterocycles. The summed E-state index contributed by atoms with van der Waals surface area (Å²) >= 11 is 0. The molecule has 0 N–H and O–H groups in total. The zero-order chi connectivity index (χ0) is 9.54. The van der Waals surface area contributed by atoms with Crippen LogP contribution >= 0.6 is 0 Å². The van der Waals surface area contributed by atoms with Crippen LogP contribution in [0.3, 0.4) is 0 Å². The fourth-order valence-corrected chi connectivity index (χ4v) is 1.71. The van der Waals surface area contributed by atoms with Crippen molar-refractivity contribution in [3.05, 3.63) is 42.1 Å². The van der Waals surface area contributed by atoms with Gasteiger partial charge in [0.1, 0.15) is 5.58 Å². The van der Waals surface area contributed by atoms with Gasteiger partial charge in [0.05, 0.1) is 0 Å². The zero-order valence-corrected chi connectivity index (χ0v) is 7.82. The molecule has 68 valence electrons. The molecule has 2 heterocycles. The van der Waals surface area contributed by atoms with Crippen molar-refractivity contribution in [3.8, 4) is 0 Å². The third kappa shape index (κ3) is 0.940. The van der Waals surface area contributed by atoms with Crippen molar-refractivity contribution in [2.45, 2.75) is 6.92 Å². The summed E-state index contributed by atoms with van der Waals surface area (Å²) in [6.07, 6.45) is 1.82. The van der Waals surface area contributed by atoms with Crippen molar-refractivity contribution >= 4 is 22.1 Å². The summed E-state index contributed by atoms with van der Waals surface area (Å²) in [4.78, 5) is 4.25. The van der Waals surface area contributed by atoms with Crippen LogP contribution in [0.15, 0.2) is 40.9 Å². The van der Waals surface area contributed by atoms with Crippen LogP contribution in [0.1, 0.15) is 5.56 Å². The Bertz CT molecular complexity index is 610. The average molecular weight is 183 g/mol. The Morgan fingerprint density at radius 1 is 1.14 bits per heavy atom. The second kappa shape index (κ2) is 2.58. The number of fused-ring (bicyclic) bond motifs is 3. The smallest absolute Gasteiger partial charge is 0.227 e. The first-order valence-electron chi connectivity index (χ1n) is 4.58. The molecule has 14 heavy (non-hydrogen) atoms. The first-order chi connectivity index (χ1) is 6.84. The van der Waals surface area contributed by atoms with Crippen LogP contribution in [-0.4, -0.2) is 4.98 Å². The van der Waals surface area contributed by atoms with Gasteiger partial charge in [0.2, 0.25) is 5.71 Å². The van der Waals surface area contributed by atoms with Crippen molar-refractivity contribution in [1.29, 1.82) is 0 Å². The van der Waals surface area contributed by atoms with Crippen molar-refractivity contribution in [2.24, 2.45) is 0 Å². The number of rotatable bonds is 0. The van der Waals surface area contributed by atoms with Gasteiger partial charge in [-0.1, -0.05) is 18.2 Å². The molecule has 0 saturated carbocycles. The molecule has 2 nitrogen and oxygen atoms in total. The van der Waals surface area contributed by atoms with Crippen molar-refractivity contribution in [1.82, 2.24) is 4.98 Å². The average Bonchev–Trinajstić information content (AvgIpc) is 2.56. The lowest BCUT2D eigenvalue weighted by Gasteiger charge is -1.90. The molecule has 3 rings (SSSR count). The summed E-state index contributed by atoms with van der Waals surface area (Å²) in [6, 6.07) is 10.1. The third-order valence-electron chi connectivity index (χ3n) is 2.37. The molecular formula is C12H9NO. The Morgan fingerprint density at radius 3 is 2.93 bits per heavy atom. The molecule has 0 spiro atoms. The highest BCUT2D eigenvalue weighted by Gasteiger charge is 2.06. The number of benzene rings is 1. The fourth-order valence-electron chi connectivity index (χ4n) is 1.71. The number of pyridine rings is 1. The minimum Gasteiger partial charge on any atom is -0.438 e. The second-order valence-electron chi connectivity index (χ2n) is 3.46. The quantitative estimate of drug-likeness (QED) is 0.534. The Kier molecular flexibility index (Phi) is 1.39. The molecule has 2 heteroatoms. The highest BCUT2D eigenvalue weighted by molar-refractivity contribution is 6.03. The van der Waals surface area contributed by atoms with Gasteiger partial charge in [0, 0.05) is 17.0 Å². The van der Waals surface area contributed by atoms with Crippen LogP contribution in [-0.2, 0) is 0 Å². The maximum atomic E-state index is 5.60. The number of aryl methyl sites for hydroxylation is 1. The minimum atomic E-state index is 0.719. The fraction of sp³-hybridized carbons (Fsp3) is 0.0833. The summed E-state index contributed by atoms with van der Waals surface area (Å²) in [7, 11) is 0. The number of para-hydroxylation sites is 1. The Hall–Kier alpha value is -1.83. The third-order valence-corrected chi connectivity index (χ3v) is 2.37. The lowest BCUT2D eigenvalue weighted by atomic mass is 10.2. The van der Waals surface area contributed by atoms with E-state index in [1.54, 1.807) is 0 Å². The second-order valence-corrected chi connectivity index (χ2v) is 3.46. The van der Waals surface area contributed by atoms with E-state index in [2.05, 4.69) is 17.1 Å². The van der Waals surface area contributed by atoms with E-state index in [0.717, 1.165) is 27.6 Å². The van der Waals surface area contributed by atoms with Gasteiger partial charge in [-0.3, -0.25) is 0 Å². The van der Waals surface area contributed by atoms with Gasteiger partial charge >= 0.3 is 0 Å². The van der Waals surface area contributed by atoms with Crippen LogP contribution in [0.4, 0.5) is 0 Å². The van der Waals surface area contributed by atoms with E-state index < -0.39 is 0 Å². The molecule has 2 aromatic heterocycles. The van der Waals surface area contributed by atoms with Gasteiger partial charge in [-0.15, -0.1) is 0 Å². The van der Waals surface area contributed by atoms with Crippen molar-refractivity contribution < 1.29 is 4.42 Å². The molecule has 0 unspecified atom stereocenters. The predicted octanol–water partition coefficient (Wildman–Crippen LogP) is 3.29. The number of furan rings is 1. The molecule has 0 radical (unpaired) electrons. The molecule has 0 amide bonds. The summed E-state index contributed by atoms with van der Waals surface area (Å²) in [5.74, 6) is 0. The summed E-state index contributed by atoms with van der Waals surface area (Å²) in [5, 5.41) is 2.24. The van der Waals surface area contributed by atoms with E-state index in [1.807, 2.05) is 31.3 Å². The van der Waals surface area contributed by atoms with E-state index >= 15 is 0 Å². The molecule has 0 bridgehead atoms. The highest BCUT2D eigenvalue weighted by atomic mass is 16.3. The molecule has 0 atom stereocenters. The zero-order valence-electron chi connectivity index (χ0n) is 7.82. The molecule has 0 aliphatic heterocycles. The first kappa shape index (κ1) is 7.56. The van der Waals surface area contributed by atoms with Gasteiger partial charge in [0.25, 0.3) is 0 Å². The van der Waals surface area contributed by atoms with Crippen LogP contribution < -0.4 is 0 Å². The van der Waals surface area contributed by atoms with Gasteiger partial charge in [0.15, 0.2) is 0 Å². The van der Waals surface area contributed by atoms with E-state index in [9.17, 15) is 0 Å². The Balaban J connectivity index is 2.58. The van der Waals surface area contributed by atoms with E-state index in [1.165, 1.54) is 0 Å². The molecule has 1 aromatic carbocycles. The van der Waals surface area contributed by atoms with Crippen LogP contribution in [0.5, 0.6) is 0 Å². The van der Waals surface area contributed by atoms with Gasteiger partial charge < -0.3 is 4.42 Å². The molecule has 0 fully saturated rings. The predicted molar refractivity (Wildman–Crippen MR) is 56.3 cm³/mol. The monoisotopic (exact) mass is 183 g/mol. The van der Waals surface area contributed by atoms with Crippen molar-refractivity contribution in [2.75, 3.05) is 0 Å². The number of hydrogen-bond donors (Lipinski definition) is 0. The summed E-state index contributed by atoms with van der Waals surface area (Å²) in [5.41, 5.74) is 2.78. The van der Waals surface area contributed by atoms with Gasteiger partial charge in [-0.25, -0.2) is 4.98 Å². The lowest BCUT2D eigenvalue weighted by Crippen LogP contribution is -1.75. The standard InChI is InChI=1S/C12H9NO/c1-8-6-10-9-4-2-3-5-11(9)14-12(10)13-7-8/h2-7H,1H3. The van der Waals surface area contributed by atoms with Crippen LogP contribution in [0.25, 0.3) is 22.1 Å². The number of aromatic nitrogens is 1. The molecule has 0 aliphatic carbocycles. The summed E-state index contributed by atoms with van der Waals surface area (Å²) < 4.78 is 5.60. The Labute approximate surface area is 81.2 Å². The van der Waals surface area contributed by atoms with Crippen LogP contribution in [0.2, 0.25) is 0 Å². The molecule has 0 aliphatic rings. The first-order valence-corrected chi connectivity index (χ1v) is 4.58. The normalized spacial score (nSPS) is 11.2. The van der Waals surface area contributed by atoms with E-state index in [0.29, 0.717) is 0 Å². The molecule has 3 aromatic rings. The number of hydrogen-bond acceptors (Lipinski definition) is 2. The summed E-state index contributed by atoms with van der Waals surface area (Å²) in [6.45, 7) is 2.04. The van der Waals surface area contributed by atoms with Gasteiger partial charge in [-0.2, -0.15) is 0 Å². The maximum Gasteiger partial charge on any atom is 0.227 e. The topological polar surface area (TPSA) is 26.0 Å². The highest BCUT2D eigenvalue weighted by Crippen LogP contribution is 2.27. The Morgan fingerprint density at radius 2 is 2.00 bits per heavy atom. The van der Waals surface area contributed by atoms with Crippen LogP contribution in [0, 0.1) is 6.92 Å². The molecular weight excluding hydrogens is 174 g/mol. The minimum absolute atomic E-state index is 0.719. The lowest BCUT2D eigenvalue weighted by molar-refractivity contribution is 0.654. The largest absolute Gasteiger partial charge is 0.438 e. The SMILES string of the molecule is Cc1cnc2oc3ccccc3c2c1.